The third-order valence-electron chi connectivity index (χ3n) is 13.5. The fraction of sp³-hybridized carbons (Fsp3) is 0.258. The van der Waals surface area contributed by atoms with Crippen LogP contribution in [0.1, 0.15) is 145 Å². The lowest BCUT2D eigenvalue weighted by Crippen LogP contribution is -2.16. The summed E-state index contributed by atoms with van der Waals surface area (Å²) < 4.78 is 0. The van der Waals surface area contributed by atoms with Gasteiger partial charge in [0.05, 0.1) is 22.8 Å². The lowest BCUT2D eigenvalue weighted by Gasteiger charge is -2.26. The van der Waals surface area contributed by atoms with E-state index in [0.29, 0.717) is 0 Å². The summed E-state index contributed by atoms with van der Waals surface area (Å²) in [6.45, 7) is 27.7. The molecule has 330 valence electrons. The molecule has 3 aliphatic rings. The second-order valence-corrected chi connectivity index (χ2v) is 22.6. The molecule has 0 unspecified atom stereocenters. The fourth-order valence-corrected chi connectivity index (χ4v) is 9.61. The Labute approximate surface area is 391 Å². The number of hydrogen-bond donors (Lipinski definition) is 2. The SMILES string of the molecule is CC(C)(C)c1cc(-c2c3nc(cc4ccc([nH]4)c(-c4cc(C(C)(C)C)cc(C(C)(C)C)c4)c4ccc([nH]4)c4c5nc2C=C5C(c2ccccc2)=C4c2ccccc2)C=C3)cc(C(C)(C)C)c1. The van der Waals surface area contributed by atoms with Crippen molar-refractivity contribution < 1.29 is 0 Å². The van der Waals surface area contributed by atoms with Crippen LogP contribution in [0.3, 0.4) is 0 Å². The summed E-state index contributed by atoms with van der Waals surface area (Å²) in [5.41, 5.74) is 24.0. The number of aromatic amines is 2. The summed E-state index contributed by atoms with van der Waals surface area (Å²) in [6, 6.07) is 47.2. The molecule has 0 saturated carbocycles. The van der Waals surface area contributed by atoms with Crippen LogP contribution in [0.4, 0.5) is 0 Å². The monoisotopic (exact) mass is 862 g/mol. The van der Waals surface area contributed by atoms with Crippen LogP contribution in [0.25, 0.3) is 79.3 Å². The first-order valence-electron chi connectivity index (χ1n) is 23.6. The van der Waals surface area contributed by atoms with Crippen LogP contribution in [0.5, 0.6) is 0 Å². The maximum Gasteiger partial charge on any atom is 0.0816 e. The highest BCUT2D eigenvalue weighted by Crippen LogP contribution is 2.53. The van der Waals surface area contributed by atoms with Crippen molar-refractivity contribution in [2.45, 2.75) is 105 Å². The summed E-state index contributed by atoms with van der Waals surface area (Å²) in [5, 5.41) is 0. The average molecular weight is 863 g/mol. The van der Waals surface area contributed by atoms with Gasteiger partial charge in [0.25, 0.3) is 0 Å². The third kappa shape index (κ3) is 7.81. The zero-order chi connectivity index (χ0) is 46.5. The molecule has 66 heavy (non-hydrogen) atoms. The minimum absolute atomic E-state index is 0.0513. The largest absolute Gasteiger partial charge is 0.355 e. The van der Waals surface area contributed by atoms with Gasteiger partial charge in [-0.1, -0.05) is 180 Å². The normalized spacial score (nSPS) is 14.0. The summed E-state index contributed by atoms with van der Waals surface area (Å²) >= 11 is 0. The number of fused-ring (bicyclic) bond motifs is 8. The molecule has 0 atom stereocenters. The minimum Gasteiger partial charge on any atom is -0.355 e. The molecule has 4 heteroatoms. The molecule has 0 spiro atoms. The number of aromatic nitrogens is 4. The van der Waals surface area contributed by atoms with Crippen molar-refractivity contribution in [1.82, 2.24) is 19.9 Å². The Balaban J connectivity index is 1.39. The van der Waals surface area contributed by atoms with E-state index in [4.69, 9.17) is 9.97 Å². The molecule has 0 amide bonds. The zero-order valence-corrected chi connectivity index (χ0v) is 40.8. The number of H-pyrrole nitrogens is 2. The van der Waals surface area contributed by atoms with Gasteiger partial charge in [0.1, 0.15) is 0 Å². The van der Waals surface area contributed by atoms with Crippen molar-refractivity contribution in [1.29, 1.82) is 0 Å². The Bertz CT molecular complexity index is 3290. The molecule has 5 heterocycles. The highest BCUT2D eigenvalue weighted by molar-refractivity contribution is 6.29. The van der Waals surface area contributed by atoms with Crippen molar-refractivity contribution in [3.63, 3.8) is 0 Å². The van der Waals surface area contributed by atoms with Gasteiger partial charge in [0.15, 0.2) is 0 Å². The first-order valence-corrected chi connectivity index (χ1v) is 23.6. The molecular formula is C62H62N4. The predicted octanol–water partition coefficient (Wildman–Crippen LogP) is 16.5. The summed E-state index contributed by atoms with van der Waals surface area (Å²) in [4.78, 5) is 19.2. The average Bonchev–Trinajstić information content (AvgIpc) is 4.11. The Hall–Kier alpha value is -6.78. The van der Waals surface area contributed by atoms with Gasteiger partial charge >= 0.3 is 0 Å². The van der Waals surface area contributed by atoms with E-state index in [1.807, 2.05) is 0 Å². The van der Waals surface area contributed by atoms with Gasteiger partial charge in [-0.05, 0) is 120 Å². The van der Waals surface area contributed by atoms with E-state index in [0.717, 1.165) is 83.8 Å². The van der Waals surface area contributed by atoms with Crippen LogP contribution in [0.15, 0.2) is 127 Å². The van der Waals surface area contributed by atoms with Crippen LogP contribution >= 0.6 is 0 Å². The van der Waals surface area contributed by atoms with Crippen LogP contribution < -0.4 is 0 Å². The van der Waals surface area contributed by atoms with Crippen molar-refractivity contribution in [3.05, 3.63) is 189 Å². The van der Waals surface area contributed by atoms with E-state index in [-0.39, 0.29) is 21.7 Å². The molecule has 8 bridgehead atoms. The highest BCUT2D eigenvalue weighted by Gasteiger charge is 2.35. The standard InChI is InChI=1S/C62H62N4/c1-59(2,3)41-29-39(30-42(33-41)60(4,5)6)54-48-25-23-45(63-48)35-46-24-26-49(64-46)55(40-31-43(61(7,8)9)34-44(32-40)62(10,11)12)52-36-47-53(37-19-15-13-16-20-37)56(38-21-17-14-18-22-38)57(58(47)66-52)51-28-27-50(54)65-51/h13-36,63,65H,1-12H3. The summed E-state index contributed by atoms with van der Waals surface area (Å²) in [5.74, 6) is 0. The van der Waals surface area contributed by atoms with Crippen molar-refractivity contribution >= 4 is 57.0 Å². The molecule has 2 N–H and O–H groups in total. The molecule has 10 rings (SSSR count). The van der Waals surface area contributed by atoms with Crippen LogP contribution in [-0.2, 0) is 21.7 Å². The molecule has 0 saturated heterocycles. The van der Waals surface area contributed by atoms with Crippen LogP contribution in [0, 0.1) is 0 Å². The second kappa shape index (κ2) is 15.4. The van der Waals surface area contributed by atoms with E-state index in [1.165, 1.54) is 39.0 Å². The van der Waals surface area contributed by atoms with E-state index in [1.54, 1.807) is 0 Å². The van der Waals surface area contributed by atoms with Crippen LogP contribution in [0.2, 0.25) is 0 Å². The van der Waals surface area contributed by atoms with E-state index in [9.17, 15) is 0 Å². The molecule has 7 aromatic rings. The molecule has 2 aliphatic heterocycles. The first kappa shape index (κ1) is 43.1. The molecule has 4 nitrogen and oxygen atoms in total. The predicted molar refractivity (Wildman–Crippen MR) is 282 cm³/mol. The van der Waals surface area contributed by atoms with Gasteiger partial charge in [-0.3, -0.25) is 0 Å². The molecule has 0 fully saturated rings. The van der Waals surface area contributed by atoms with Gasteiger partial charge in [0.2, 0.25) is 0 Å². The summed E-state index contributed by atoms with van der Waals surface area (Å²) in [6.07, 6.45) is 6.66. The first-order chi connectivity index (χ1) is 31.2. The van der Waals surface area contributed by atoms with Gasteiger partial charge < -0.3 is 9.97 Å². The van der Waals surface area contributed by atoms with E-state index < -0.39 is 0 Å². The van der Waals surface area contributed by atoms with Gasteiger partial charge in [-0.25, -0.2) is 9.97 Å². The number of allylic oxidation sites excluding steroid dienone is 2. The van der Waals surface area contributed by atoms with E-state index >= 15 is 0 Å². The topological polar surface area (TPSA) is 57.4 Å². The second-order valence-electron chi connectivity index (χ2n) is 22.6. The lowest BCUT2D eigenvalue weighted by molar-refractivity contribution is 0.568. The van der Waals surface area contributed by atoms with Gasteiger partial charge in [-0.2, -0.15) is 0 Å². The minimum atomic E-state index is -0.0713. The van der Waals surface area contributed by atoms with Crippen molar-refractivity contribution in [2.75, 3.05) is 0 Å². The Morgan fingerprint density at radius 2 is 0.848 bits per heavy atom. The number of nitrogens with one attached hydrogen (secondary N) is 2. The number of rotatable bonds is 4. The molecule has 4 aromatic carbocycles. The Kier molecular flexibility index (Phi) is 10.1. The number of benzene rings is 4. The molecule has 3 aromatic heterocycles. The Morgan fingerprint density at radius 1 is 0.379 bits per heavy atom. The number of hydrogen-bond acceptors (Lipinski definition) is 2. The quantitative estimate of drug-likeness (QED) is 0.185. The molecule has 0 radical (unpaired) electrons. The molecule has 1 aliphatic carbocycles. The van der Waals surface area contributed by atoms with E-state index in [2.05, 4.69) is 239 Å². The van der Waals surface area contributed by atoms with Crippen molar-refractivity contribution in [3.8, 4) is 22.3 Å². The van der Waals surface area contributed by atoms with Gasteiger partial charge in [-0.15, -0.1) is 0 Å². The zero-order valence-electron chi connectivity index (χ0n) is 40.8. The maximum atomic E-state index is 5.81. The third-order valence-corrected chi connectivity index (χ3v) is 13.5. The highest BCUT2D eigenvalue weighted by atomic mass is 14.8. The Morgan fingerprint density at radius 3 is 1.38 bits per heavy atom. The molecular weight excluding hydrogens is 801 g/mol. The lowest BCUT2D eigenvalue weighted by atomic mass is 9.78. The number of nitrogens with zero attached hydrogens (tertiary/aromatic N) is 2. The summed E-state index contributed by atoms with van der Waals surface area (Å²) in [7, 11) is 0. The van der Waals surface area contributed by atoms with Gasteiger partial charge in [0, 0.05) is 49.9 Å². The van der Waals surface area contributed by atoms with Crippen LogP contribution in [-0.4, -0.2) is 19.9 Å². The smallest absolute Gasteiger partial charge is 0.0816 e. The van der Waals surface area contributed by atoms with Crippen molar-refractivity contribution in [2.24, 2.45) is 0 Å². The maximum absolute atomic E-state index is 5.81. The fourth-order valence-electron chi connectivity index (χ4n) is 9.61.